The average molecular weight is 587 g/mol. The van der Waals surface area contributed by atoms with Crippen LogP contribution in [0.5, 0.6) is 5.88 Å². The molecule has 0 spiro atoms. The van der Waals surface area contributed by atoms with Crippen molar-refractivity contribution in [1.82, 2.24) is 19.7 Å². The average Bonchev–Trinajstić information content (AvgIpc) is 3.69. The monoisotopic (exact) mass is 586 g/mol. The lowest BCUT2D eigenvalue weighted by atomic mass is 9.86. The third kappa shape index (κ3) is 4.76. The molecule has 1 aliphatic carbocycles. The fourth-order valence-electron chi connectivity index (χ4n) is 6.37. The van der Waals surface area contributed by atoms with Gasteiger partial charge in [0.05, 0.1) is 41.0 Å². The van der Waals surface area contributed by atoms with Gasteiger partial charge in [0.1, 0.15) is 16.2 Å². The quantitative estimate of drug-likeness (QED) is 0.216. The number of fused-ring (bicyclic) bond motifs is 3. The Balaban J connectivity index is 1.60. The van der Waals surface area contributed by atoms with Crippen LogP contribution in [0.15, 0.2) is 58.2 Å². The van der Waals surface area contributed by atoms with Gasteiger partial charge in [0, 0.05) is 36.8 Å². The summed E-state index contributed by atoms with van der Waals surface area (Å²) in [4.78, 5) is 9.74. The first-order valence-electron chi connectivity index (χ1n) is 14.5. The third-order valence-electron chi connectivity index (χ3n) is 8.59. The number of aryl methyl sites for hydroxylation is 2. The predicted molar refractivity (Wildman–Crippen MR) is 159 cm³/mol. The fourth-order valence-corrected chi connectivity index (χ4v) is 7.16. The highest BCUT2D eigenvalue weighted by atomic mass is 32.2. The number of ether oxygens (including phenoxy) is 2. The fraction of sp³-hybridized carbons (Fsp3) is 0.406. The van der Waals surface area contributed by atoms with Gasteiger partial charge in [0.15, 0.2) is 9.84 Å². The summed E-state index contributed by atoms with van der Waals surface area (Å²) in [6, 6.07) is 12.2. The topological polar surface area (TPSA) is 109 Å². The van der Waals surface area contributed by atoms with Gasteiger partial charge in [-0.15, -0.1) is 0 Å². The van der Waals surface area contributed by atoms with Crippen molar-refractivity contribution in [2.24, 2.45) is 11.8 Å². The Bertz CT molecular complexity index is 1870. The van der Waals surface area contributed by atoms with Crippen molar-refractivity contribution in [3.63, 3.8) is 0 Å². The number of hydrogen-bond donors (Lipinski definition) is 0. The molecule has 2 fully saturated rings. The summed E-state index contributed by atoms with van der Waals surface area (Å²) in [5.41, 5.74) is 5.67. The van der Waals surface area contributed by atoms with Gasteiger partial charge in [0.25, 0.3) is 0 Å². The van der Waals surface area contributed by atoms with E-state index in [4.69, 9.17) is 19.0 Å². The molecule has 0 amide bonds. The van der Waals surface area contributed by atoms with Crippen LogP contribution in [0, 0.1) is 25.7 Å². The van der Waals surface area contributed by atoms with Gasteiger partial charge >= 0.3 is 0 Å². The van der Waals surface area contributed by atoms with Gasteiger partial charge in [-0.1, -0.05) is 35.5 Å². The van der Waals surface area contributed by atoms with Gasteiger partial charge in [-0.2, -0.15) is 0 Å². The summed E-state index contributed by atoms with van der Waals surface area (Å²) in [5, 5.41) is 4.80. The van der Waals surface area contributed by atoms with E-state index in [0.29, 0.717) is 53.8 Å². The van der Waals surface area contributed by atoms with E-state index in [1.807, 2.05) is 38.2 Å². The zero-order chi connectivity index (χ0) is 29.0. The van der Waals surface area contributed by atoms with Crippen LogP contribution in [0.4, 0.5) is 0 Å². The molecule has 10 heteroatoms. The van der Waals surface area contributed by atoms with Crippen LogP contribution in [-0.2, 0) is 14.6 Å². The molecular weight excluding hydrogens is 552 g/mol. The number of pyridine rings is 2. The second kappa shape index (κ2) is 10.5. The van der Waals surface area contributed by atoms with Crippen molar-refractivity contribution >= 4 is 31.8 Å². The third-order valence-corrected chi connectivity index (χ3v) is 9.69. The van der Waals surface area contributed by atoms with Crippen LogP contribution in [0.1, 0.15) is 48.7 Å². The number of hydrogen-bond acceptors (Lipinski definition) is 8. The molecule has 0 N–H and O–H groups in total. The molecule has 1 aliphatic heterocycles. The number of benzene rings is 1. The molecule has 9 nitrogen and oxygen atoms in total. The molecule has 0 radical (unpaired) electrons. The molecule has 4 aromatic heterocycles. The normalized spacial score (nSPS) is 17.2. The van der Waals surface area contributed by atoms with Gasteiger partial charge < -0.3 is 18.6 Å². The molecule has 0 unspecified atom stereocenters. The van der Waals surface area contributed by atoms with E-state index in [9.17, 15) is 8.42 Å². The Labute approximate surface area is 244 Å². The second-order valence-electron chi connectivity index (χ2n) is 11.6. The van der Waals surface area contributed by atoms with Gasteiger partial charge in [-0.3, -0.25) is 4.98 Å². The maximum atomic E-state index is 13.4. The lowest BCUT2D eigenvalue weighted by Gasteiger charge is -2.33. The molecule has 5 heterocycles. The minimum absolute atomic E-state index is 0.168. The molecule has 1 atom stereocenters. The summed E-state index contributed by atoms with van der Waals surface area (Å²) < 4.78 is 46.5. The largest absolute Gasteiger partial charge is 0.477 e. The van der Waals surface area contributed by atoms with E-state index in [-0.39, 0.29) is 16.9 Å². The maximum Gasteiger partial charge on any atom is 0.225 e. The first-order valence-corrected chi connectivity index (χ1v) is 16.4. The van der Waals surface area contributed by atoms with Crippen LogP contribution in [0.3, 0.4) is 0 Å². The van der Waals surface area contributed by atoms with Gasteiger partial charge in [-0.05, 0) is 63.0 Å². The van der Waals surface area contributed by atoms with Crippen LogP contribution < -0.4 is 4.74 Å². The highest BCUT2D eigenvalue weighted by Gasteiger charge is 2.34. The van der Waals surface area contributed by atoms with Crippen molar-refractivity contribution in [3.05, 3.63) is 65.8 Å². The van der Waals surface area contributed by atoms with E-state index in [0.717, 1.165) is 53.6 Å². The summed E-state index contributed by atoms with van der Waals surface area (Å²) in [7, 11) is -3.66. The number of sulfone groups is 1. The molecule has 1 aromatic carbocycles. The number of aromatic nitrogens is 4. The molecule has 2 aliphatic rings. The van der Waals surface area contributed by atoms with Crippen molar-refractivity contribution in [3.8, 4) is 17.0 Å². The second-order valence-corrected chi connectivity index (χ2v) is 13.6. The van der Waals surface area contributed by atoms with E-state index >= 15 is 0 Å². The minimum atomic E-state index is -3.66. The van der Waals surface area contributed by atoms with Crippen molar-refractivity contribution < 1.29 is 22.4 Å². The van der Waals surface area contributed by atoms with Crippen molar-refractivity contribution in [2.45, 2.75) is 50.5 Å². The molecule has 1 saturated heterocycles. The van der Waals surface area contributed by atoms with E-state index in [2.05, 4.69) is 32.9 Å². The van der Waals surface area contributed by atoms with Crippen LogP contribution in [0.2, 0.25) is 0 Å². The van der Waals surface area contributed by atoms with Crippen molar-refractivity contribution in [1.29, 1.82) is 0 Å². The zero-order valence-corrected chi connectivity index (χ0v) is 24.9. The number of nitrogens with zero attached hydrogens (tertiary/aromatic N) is 4. The van der Waals surface area contributed by atoms with Crippen LogP contribution in [0.25, 0.3) is 33.1 Å². The molecular formula is C32H34N4O5S. The van der Waals surface area contributed by atoms with E-state index < -0.39 is 9.84 Å². The Kier molecular flexibility index (Phi) is 6.78. The lowest BCUT2D eigenvalue weighted by molar-refractivity contribution is 0.0552. The lowest BCUT2D eigenvalue weighted by Crippen LogP contribution is -2.27. The first-order chi connectivity index (χ1) is 20.3. The highest BCUT2D eigenvalue weighted by molar-refractivity contribution is 7.91. The minimum Gasteiger partial charge on any atom is -0.477 e. The summed E-state index contributed by atoms with van der Waals surface area (Å²) in [6.07, 6.45) is 8.46. The Morgan fingerprint density at radius 2 is 1.81 bits per heavy atom. The summed E-state index contributed by atoms with van der Waals surface area (Å²) >= 11 is 0. The smallest absolute Gasteiger partial charge is 0.225 e. The maximum absolute atomic E-state index is 13.4. The molecule has 5 aromatic rings. The molecule has 218 valence electrons. The predicted octanol–water partition coefficient (Wildman–Crippen LogP) is 6.06. The molecule has 0 bridgehead atoms. The zero-order valence-electron chi connectivity index (χ0n) is 24.0. The standard InChI is InChI=1S/C32H34N4O5S/c1-19-27(20(2)41-35-19)24-15-25-29(33-16-24)28-31(26(42(3,37)38)17-34-32(28)40-18-21-9-10-21)36(25)30(22-7-5-4-6-8-22)23-11-13-39-14-12-23/h4-8,15-17,21,23,30H,9-14,18H2,1-3H3/t30-/m1/s1. The van der Waals surface area contributed by atoms with E-state index in [1.54, 1.807) is 0 Å². The number of rotatable bonds is 8. The summed E-state index contributed by atoms with van der Waals surface area (Å²) in [5.74, 6) is 1.83. The van der Waals surface area contributed by atoms with Crippen LogP contribution >= 0.6 is 0 Å². The SMILES string of the molecule is Cc1noc(C)c1-c1cnc2c3c(OCC4CC4)ncc(S(C)(=O)=O)c3n([C@H](c3ccccc3)C3CCOCC3)c2c1. The highest BCUT2D eigenvalue weighted by Crippen LogP contribution is 2.45. The Hall–Kier alpha value is -3.76. The summed E-state index contributed by atoms with van der Waals surface area (Å²) in [6.45, 7) is 5.66. The van der Waals surface area contributed by atoms with E-state index in [1.165, 1.54) is 12.5 Å². The van der Waals surface area contributed by atoms with Crippen molar-refractivity contribution in [2.75, 3.05) is 26.1 Å². The van der Waals surface area contributed by atoms with Crippen LogP contribution in [-0.4, -0.2) is 54.2 Å². The molecule has 7 rings (SSSR count). The van der Waals surface area contributed by atoms with Gasteiger partial charge in [-0.25, -0.2) is 13.4 Å². The Morgan fingerprint density at radius 1 is 1.05 bits per heavy atom. The molecule has 42 heavy (non-hydrogen) atoms. The van der Waals surface area contributed by atoms with Gasteiger partial charge in [0.2, 0.25) is 5.88 Å². The first kappa shape index (κ1) is 27.1. The Morgan fingerprint density at radius 3 is 2.48 bits per heavy atom. The molecule has 1 saturated carbocycles.